The molecule has 1 heteroatoms. The molecule has 0 spiro atoms. The van der Waals surface area contributed by atoms with E-state index in [0.717, 1.165) is 0 Å². The van der Waals surface area contributed by atoms with Crippen molar-refractivity contribution in [1.82, 2.24) is 0 Å². The van der Waals surface area contributed by atoms with Gasteiger partial charge in [-0.15, -0.1) is 0 Å². The molecule has 0 aliphatic rings. The van der Waals surface area contributed by atoms with Crippen molar-refractivity contribution in [1.29, 1.82) is 5.26 Å². The number of allylic oxidation sites excluding steroid dienone is 1. The van der Waals surface area contributed by atoms with Crippen LogP contribution in [0.15, 0.2) is 12.7 Å². The zero-order chi connectivity index (χ0) is 5.41. The number of rotatable bonds is 0. The van der Waals surface area contributed by atoms with E-state index in [4.69, 9.17) is 5.26 Å². The largest absolute Gasteiger partial charge is 0.193 e. The normalized spacial score (nSPS) is 3.50. The van der Waals surface area contributed by atoms with Crippen molar-refractivity contribution in [2.24, 2.45) is 0 Å². The molecular formula is C5H9N. The lowest BCUT2D eigenvalue weighted by atomic mass is 10.8. The highest BCUT2D eigenvalue weighted by atomic mass is 14.2. The maximum absolute atomic E-state index is 7.51. The minimum absolute atomic E-state index is 1.18. The molecule has 0 heterocycles. The smallest absolute Gasteiger partial charge is 0.0905 e. The van der Waals surface area contributed by atoms with Crippen LogP contribution in [-0.4, -0.2) is 0 Å². The van der Waals surface area contributed by atoms with Crippen molar-refractivity contribution in [2.45, 2.75) is 13.8 Å². The lowest BCUT2D eigenvalue weighted by Gasteiger charge is -1.31. The third-order valence-corrected chi connectivity index (χ3v) is 0.0913. The van der Waals surface area contributed by atoms with Gasteiger partial charge in [-0.05, 0) is 0 Å². The number of hydrogen-bond acceptors (Lipinski definition) is 1. The Hall–Kier alpha value is -0.770. The van der Waals surface area contributed by atoms with Crippen LogP contribution in [0.5, 0.6) is 0 Å². The van der Waals surface area contributed by atoms with Gasteiger partial charge in [0.2, 0.25) is 0 Å². The second kappa shape index (κ2) is 29.2. The Bertz CT molecular complexity index is 49.4. The lowest BCUT2D eigenvalue weighted by molar-refractivity contribution is 1.50. The highest BCUT2D eigenvalue weighted by Crippen LogP contribution is 1.41. The molecule has 0 radical (unpaired) electrons. The van der Waals surface area contributed by atoms with Crippen LogP contribution >= 0.6 is 0 Å². The standard InChI is InChI=1S/C3H3N.C2H6/c1-2-3-4;1-2/h2H,1H2;1-2H3. The van der Waals surface area contributed by atoms with Crippen molar-refractivity contribution in [3.8, 4) is 6.07 Å². The average molecular weight is 83.1 g/mol. The summed E-state index contributed by atoms with van der Waals surface area (Å²) in [6, 6.07) is 1.69. The van der Waals surface area contributed by atoms with Crippen LogP contribution in [0.2, 0.25) is 0 Å². The van der Waals surface area contributed by atoms with Crippen molar-refractivity contribution >= 4 is 0 Å². The van der Waals surface area contributed by atoms with Gasteiger partial charge >= 0.3 is 0 Å². The predicted molar refractivity (Wildman–Crippen MR) is 27.2 cm³/mol. The van der Waals surface area contributed by atoms with E-state index < -0.39 is 0 Å². The van der Waals surface area contributed by atoms with Crippen LogP contribution in [0.4, 0.5) is 0 Å². The van der Waals surface area contributed by atoms with Crippen molar-refractivity contribution in [2.75, 3.05) is 0 Å². The predicted octanol–water partition coefficient (Wildman–Crippen LogP) is 1.72. The lowest BCUT2D eigenvalue weighted by Crippen LogP contribution is -1.23. The van der Waals surface area contributed by atoms with E-state index in [2.05, 4.69) is 6.58 Å². The molecule has 1 nitrogen and oxygen atoms in total. The van der Waals surface area contributed by atoms with Gasteiger partial charge in [0.1, 0.15) is 0 Å². The summed E-state index contributed by atoms with van der Waals surface area (Å²) in [7, 11) is 0. The molecule has 0 amide bonds. The summed E-state index contributed by atoms with van der Waals surface area (Å²) in [6.45, 7) is 7.12. The fraction of sp³-hybridized carbons (Fsp3) is 0.400. The van der Waals surface area contributed by atoms with E-state index in [1.54, 1.807) is 6.07 Å². The summed E-state index contributed by atoms with van der Waals surface area (Å²) in [4.78, 5) is 0. The van der Waals surface area contributed by atoms with Crippen molar-refractivity contribution in [3.63, 3.8) is 0 Å². The molecule has 0 aromatic heterocycles. The van der Waals surface area contributed by atoms with Gasteiger partial charge in [0.25, 0.3) is 0 Å². The summed E-state index contributed by atoms with van der Waals surface area (Å²) >= 11 is 0. The summed E-state index contributed by atoms with van der Waals surface area (Å²) in [5.74, 6) is 0. The number of hydrogen-bond donors (Lipinski definition) is 0. The molecule has 0 fully saturated rings. The van der Waals surface area contributed by atoms with E-state index in [-0.39, 0.29) is 0 Å². The summed E-state index contributed by atoms with van der Waals surface area (Å²) in [5.41, 5.74) is 0. The van der Waals surface area contributed by atoms with Crippen LogP contribution in [-0.2, 0) is 0 Å². The van der Waals surface area contributed by atoms with Crippen LogP contribution < -0.4 is 0 Å². The molecule has 6 heavy (non-hydrogen) atoms. The van der Waals surface area contributed by atoms with Gasteiger partial charge in [-0.3, -0.25) is 0 Å². The molecule has 0 aromatic carbocycles. The fourth-order valence-electron chi connectivity index (χ4n) is 0. The average Bonchev–Trinajstić information content (AvgIpc) is 1.72. The van der Waals surface area contributed by atoms with Gasteiger partial charge in [0.15, 0.2) is 0 Å². The van der Waals surface area contributed by atoms with E-state index in [0.29, 0.717) is 0 Å². The van der Waals surface area contributed by atoms with E-state index in [1.807, 2.05) is 13.8 Å². The zero-order valence-corrected chi connectivity index (χ0v) is 4.23. The summed E-state index contributed by atoms with van der Waals surface area (Å²) in [5, 5.41) is 7.51. The molecule has 0 aliphatic heterocycles. The second-order valence-electron chi connectivity index (χ2n) is 0.333. The van der Waals surface area contributed by atoms with E-state index in [9.17, 15) is 0 Å². The van der Waals surface area contributed by atoms with Gasteiger partial charge in [0.05, 0.1) is 6.07 Å². The Kier molecular flexibility index (Phi) is 43.6. The molecular weight excluding hydrogens is 74.1 g/mol. The molecule has 0 saturated heterocycles. The van der Waals surface area contributed by atoms with Crippen molar-refractivity contribution in [3.05, 3.63) is 12.7 Å². The monoisotopic (exact) mass is 83.1 g/mol. The highest BCUT2D eigenvalue weighted by Gasteiger charge is 1.34. The van der Waals surface area contributed by atoms with E-state index in [1.165, 1.54) is 6.08 Å². The summed E-state index contributed by atoms with van der Waals surface area (Å²) in [6.07, 6.45) is 1.18. The maximum atomic E-state index is 7.51. The fourth-order valence-corrected chi connectivity index (χ4v) is 0. The van der Waals surface area contributed by atoms with Crippen LogP contribution in [0.1, 0.15) is 13.8 Å². The molecule has 0 aromatic rings. The third-order valence-electron chi connectivity index (χ3n) is 0.0913. The van der Waals surface area contributed by atoms with Gasteiger partial charge in [0, 0.05) is 6.08 Å². The number of nitrogens with zero attached hydrogens (tertiary/aromatic N) is 1. The third kappa shape index (κ3) is 304. The molecule has 0 unspecified atom stereocenters. The SMILES string of the molecule is C=CC#N.CC. The minimum atomic E-state index is 1.18. The first-order chi connectivity index (χ1) is 2.91. The van der Waals surface area contributed by atoms with Crippen LogP contribution in [0.3, 0.4) is 0 Å². The molecule has 0 atom stereocenters. The van der Waals surface area contributed by atoms with Crippen LogP contribution in [0.25, 0.3) is 0 Å². The Labute approximate surface area is 38.9 Å². The molecule has 34 valence electrons. The van der Waals surface area contributed by atoms with Gasteiger partial charge in [-0.1, -0.05) is 20.4 Å². The van der Waals surface area contributed by atoms with Crippen LogP contribution in [0, 0.1) is 11.3 Å². The van der Waals surface area contributed by atoms with Gasteiger partial charge in [-0.2, -0.15) is 5.26 Å². The quantitative estimate of drug-likeness (QED) is 0.409. The first-order valence-corrected chi connectivity index (χ1v) is 1.92. The Balaban J connectivity index is 0. The first-order valence-electron chi connectivity index (χ1n) is 1.92. The minimum Gasteiger partial charge on any atom is -0.193 e. The first kappa shape index (κ1) is 8.97. The summed E-state index contributed by atoms with van der Waals surface area (Å²) < 4.78 is 0. The molecule has 0 N–H and O–H groups in total. The van der Waals surface area contributed by atoms with Gasteiger partial charge < -0.3 is 0 Å². The molecule has 0 saturated carbocycles. The van der Waals surface area contributed by atoms with E-state index >= 15 is 0 Å². The Morgan fingerprint density at radius 2 is 1.83 bits per heavy atom. The zero-order valence-electron chi connectivity index (χ0n) is 4.23. The number of nitriles is 1. The molecule has 0 aliphatic carbocycles. The van der Waals surface area contributed by atoms with Crippen molar-refractivity contribution < 1.29 is 0 Å². The Morgan fingerprint density at radius 1 is 1.67 bits per heavy atom. The Morgan fingerprint density at radius 3 is 1.83 bits per heavy atom. The second-order valence-corrected chi connectivity index (χ2v) is 0.333. The topological polar surface area (TPSA) is 23.8 Å². The molecule has 0 rings (SSSR count). The highest BCUT2D eigenvalue weighted by molar-refractivity contribution is 4.93. The molecule has 0 bridgehead atoms. The maximum Gasteiger partial charge on any atom is 0.0905 e. The van der Waals surface area contributed by atoms with Gasteiger partial charge in [-0.25, -0.2) is 0 Å².